The van der Waals surface area contributed by atoms with Gasteiger partial charge in [-0.1, -0.05) is 19.1 Å². The van der Waals surface area contributed by atoms with Crippen LogP contribution in [0.15, 0.2) is 34.6 Å². The van der Waals surface area contributed by atoms with Crippen molar-refractivity contribution in [3.05, 3.63) is 51.7 Å². The number of benzene rings is 1. The molecule has 0 saturated carbocycles. The maximum atomic E-state index is 12.9. The van der Waals surface area contributed by atoms with Gasteiger partial charge in [0.25, 0.3) is 0 Å². The Morgan fingerprint density at radius 1 is 1.21 bits per heavy atom. The summed E-state index contributed by atoms with van der Waals surface area (Å²) in [7, 11) is 0. The van der Waals surface area contributed by atoms with Gasteiger partial charge in [-0.15, -0.1) is 35.3 Å². The van der Waals surface area contributed by atoms with E-state index in [1.165, 1.54) is 17.1 Å². The minimum atomic E-state index is -0.225. The van der Waals surface area contributed by atoms with E-state index in [9.17, 15) is 4.39 Å². The van der Waals surface area contributed by atoms with Crippen LogP contribution in [-0.4, -0.2) is 24.0 Å². The number of rotatable bonds is 7. The number of halogens is 2. The molecule has 24 heavy (non-hydrogen) atoms. The molecular formula is C17H24FIN4S. The van der Waals surface area contributed by atoms with E-state index in [0.717, 1.165) is 43.1 Å². The smallest absolute Gasteiger partial charge is 0.191 e. The summed E-state index contributed by atoms with van der Waals surface area (Å²) < 4.78 is 12.9. The number of aromatic nitrogens is 1. The number of guanidine groups is 1. The molecule has 0 aliphatic heterocycles. The maximum Gasteiger partial charge on any atom is 0.191 e. The molecule has 2 aromatic rings. The van der Waals surface area contributed by atoms with Gasteiger partial charge in [-0.25, -0.2) is 14.4 Å². The van der Waals surface area contributed by atoms with Crippen molar-refractivity contribution >= 4 is 41.3 Å². The highest BCUT2D eigenvalue weighted by Crippen LogP contribution is 2.10. The summed E-state index contributed by atoms with van der Waals surface area (Å²) in [6, 6.07) is 6.42. The van der Waals surface area contributed by atoms with Crippen LogP contribution in [0.3, 0.4) is 0 Å². The van der Waals surface area contributed by atoms with Gasteiger partial charge in [0.1, 0.15) is 5.82 Å². The van der Waals surface area contributed by atoms with Gasteiger partial charge in [-0.3, -0.25) is 0 Å². The van der Waals surface area contributed by atoms with Gasteiger partial charge in [0, 0.05) is 24.9 Å². The maximum absolute atomic E-state index is 12.9. The van der Waals surface area contributed by atoms with Gasteiger partial charge in [0.15, 0.2) is 5.96 Å². The summed E-state index contributed by atoms with van der Waals surface area (Å²) in [5.41, 5.74) is 2.10. The van der Waals surface area contributed by atoms with Crippen molar-refractivity contribution in [2.75, 3.05) is 13.1 Å². The second-order valence-electron chi connectivity index (χ2n) is 5.08. The van der Waals surface area contributed by atoms with E-state index in [4.69, 9.17) is 0 Å². The summed E-state index contributed by atoms with van der Waals surface area (Å²) in [6.45, 7) is 6.25. The highest BCUT2D eigenvalue weighted by molar-refractivity contribution is 14.0. The van der Waals surface area contributed by atoms with Gasteiger partial charge in [-0.05, 0) is 31.0 Å². The number of aliphatic imine (C=N–C) groups is 1. The Morgan fingerprint density at radius 3 is 2.58 bits per heavy atom. The Labute approximate surface area is 164 Å². The molecule has 0 saturated heterocycles. The Morgan fingerprint density at radius 2 is 1.96 bits per heavy atom. The summed E-state index contributed by atoms with van der Waals surface area (Å²) >= 11 is 1.71. The van der Waals surface area contributed by atoms with Crippen molar-refractivity contribution in [2.45, 2.75) is 33.2 Å². The van der Waals surface area contributed by atoms with E-state index >= 15 is 0 Å². The van der Waals surface area contributed by atoms with Crippen molar-refractivity contribution in [2.24, 2.45) is 4.99 Å². The third-order valence-corrected chi connectivity index (χ3v) is 4.29. The van der Waals surface area contributed by atoms with Crippen LogP contribution in [0.1, 0.15) is 30.1 Å². The van der Waals surface area contributed by atoms with Gasteiger partial charge >= 0.3 is 0 Å². The molecule has 4 nitrogen and oxygen atoms in total. The summed E-state index contributed by atoms with van der Waals surface area (Å²) in [6.07, 6.45) is 1.86. The molecule has 7 heteroatoms. The lowest BCUT2D eigenvalue weighted by atomic mass is 10.2. The van der Waals surface area contributed by atoms with E-state index in [2.05, 4.69) is 32.9 Å². The lowest BCUT2D eigenvalue weighted by molar-refractivity contribution is 0.627. The number of hydrogen-bond acceptors (Lipinski definition) is 3. The first-order valence-electron chi connectivity index (χ1n) is 7.91. The van der Waals surface area contributed by atoms with E-state index < -0.39 is 0 Å². The highest BCUT2D eigenvalue weighted by Gasteiger charge is 2.02. The first-order chi connectivity index (χ1) is 11.2. The molecule has 1 aromatic heterocycles. The molecule has 0 bridgehead atoms. The molecule has 0 radical (unpaired) electrons. The second kappa shape index (κ2) is 11.4. The highest BCUT2D eigenvalue weighted by atomic mass is 127. The average molecular weight is 462 g/mol. The number of aryl methyl sites for hydroxylation is 1. The SMILES string of the molecule is CCNC(=NCc1ccc(F)cc1)NCCc1csc(CC)n1.I. The molecule has 0 fully saturated rings. The van der Waals surface area contributed by atoms with E-state index in [1.807, 2.05) is 6.92 Å². The monoisotopic (exact) mass is 462 g/mol. The molecule has 0 atom stereocenters. The average Bonchev–Trinajstić information content (AvgIpc) is 3.02. The van der Waals surface area contributed by atoms with Crippen molar-refractivity contribution in [3.8, 4) is 0 Å². The van der Waals surface area contributed by atoms with Crippen LogP contribution in [-0.2, 0) is 19.4 Å². The van der Waals surface area contributed by atoms with Gasteiger partial charge in [0.05, 0.1) is 17.2 Å². The lowest BCUT2D eigenvalue weighted by Gasteiger charge is -2.10. The molecule has 132 valence electrons. The fourth-order valence-electron chi connectivity index (χ4n) is 2.04. The third-order valence-electron chi connectivity index (χ3n) is 3.25. The predicted octanol–water partition coefficient (Wildman–Crippen LogP) is 3.76. The minimum absolute atomic E-state index is 0. The zero-order valence-electron chi connectivity index (χ0n) is 14.0. The van der Waals surface area contributed by atoms with E-state index in [0.29, 0.717) is 6.54 Å². The summed E-state index contributed by atoms with van der Waals surface area (Å²) in [4.78, 5) is 9.08. The molecule has 1 heterocycles. The van der Waals surface area contributed by atoms with Crippen LogP contribution in [0.25, 0.3) is 0 Å². The fraction of sp³-hybridized carbons (Fsp3) is 0.412. The molecule has 0 spiro atoms. The first-order valence-corrected chi connectivity index (χ1v) is 8.79. The van der Waals surface area contributed by atoms with Crippen molar-refractivity contribution in [3.63, 3.8) is 0 Å². The molecular weight excluding hydrogens is 438 g/mol. The lowest BCUT2D eigenvalue weighted by Crippen LogP contribution is -2.38. The zero-order valence-corrected chi connectivity index (χ0v) is 17.2. The Hall–Kier alpha value is -1.22. The fourth-order valence-corrected chi connectivity index (χ4v) is 2.82. The topological polar surface area (TPSA) is 49.3 Å². The first kappa shape index (κ1) is 20.8. The molecule has 2 N–H and O–H groups in total. The Bertz CT molecular complexity index is 628. The van der Waals surface area contributed by atoms with Crippen LogP contribution in [0.5, 0.6) is 0 Å². The Balaban J connectivity index is 0.00000288. The zero-order chi connectivity index (χ0) is 16.5. The Kier molecular flexibility index (Phi) is 9.85. The molecule has 0 amide bonds. The van der Waals surface area contributed by atoms with Crippen molar-refractivity contribution < 1.29 is 4.39 Å². The quantitative estimate of drug-likeness (QED) is 0.374. The standard InChI is InChI=1S/C17H23FN4S.HI/c1-3-16-22-15(12-23-16)9-10-20-17(19-4-2)21-11-13-5-7-14(18)8-6-13;/h5-8,12H,3-4,9-11H2,1-2H3,(H2,19,20,21);1H. The largest absolute Gasteiger partial charge is 0.357 e. The number of hydrogen-bond donors (Lipinski definition) is 2. The van der Waals surface area contributed by atoms with Crippen LogP contribution in [0.2, 0.25) is 0 Å². The number of nitrogens with one attached hydrogen (secondary N) is 2. The number of thiazole rings is 1. The van der Waals surface area contributed by atoms with Crippen LogP contribution < -0.4 is 10.6 Å². The second-order valence-corrected chi connectivity index (χ2v) is 6.03. The van der Waals surface area contributed by atoms with Gasteiger partial charge in [-0.2, -0.15) is 0 Å². The van der Waals surface area contributed by atoms with Crippen LogP contribution in [0.4, 0.5) is 4.39 Å². The van der Waals surface area contributed by atoms with Crippen molar-refractivity contribution in [1.29, 1.82) is 0 Å². The molecule has 0 aliphatic carbocycles. The van der Waals surface area contributed by atoms with Crippen molar-refractivity contribution in [1.82, 2.24) is 15.6 Å². The van der Waals surface area contributed by atoms with Gasteiger partial charge in [0.2, 0.25) is 0 Å². The minimum Gasteiger partial charge on any atom is -0.357 e. The van der Waals surface area contributed by atoms with E-state index in [1.54, 1.807) is 23.5 Å². The molecule has 1 aromatic carbocycles. The predicted molar refractivity (Wildman–Crippen MR) is 110 cm³/mol. The number of nitrogens with zero attached hydrogens (tertiary/aromatic N) is 2. The van der Waals surface area contributed by atoms with Crippen LogP contribution >= 0.6 is 35.3 Å². The normalized spacial score (nSPS) is 11.0. The molecule has 0 aliphatic rings. The third kappa shape index (κ3) is 7.12. The molecule has 2 rings (SSSR count). The van der Waals surface area contributed by atoms with E-state index in [-0.39, 0.29) is 29.8 Å². The van der Waals surface area contributed by atoms with Crippen LogP contribution in [0, 0.1) is 5.82 Å². The van der Waals surface area contributed by atoms with Gasteiger partial charge < -0.3 is 10.6 Å². The molecule has 0 unspecified atom stereocenters. The summed E-state index contributed by atoms with van der Waals surface area (Å²) in [5, 5.41) is 9.81. The summed E-state index contributed by atoms with van der Waals surface area (Å²) in [5.74, 6) is 0.542.